The van der Waals surface area contributed by atoms with Gasteiger partial charge < -0.3 is 16.4 Å². The molecule has 16 heavy (non-hydrogen) atoms. The van der Waals surface area contributed by atoms with Gasteiger partial charge in [0.1, 0.15) is 6.04 Å². The number of hydrogen-bond acceptors (Lipinski definition) is 3. The predicted octanol–water partition coefficient (Wildman–Crippen LogP) is 0.00220. The van der Waals surface area contributed by atoms with Crippen molar-refractivity contribution < 1.29 is 9.59 Å². The highest BCUT2D eigenvalue weighted by Crippen LogP contribution is 2.08. The van der Waals surface area contributed by atoms with Gasteiger partial charge in [-0.1, -0.05) is 6.92 Å². The van der Waals surface area contributed by atoms with Crippen LogP contribution in [0.15, 0.2) is 0 Å². The molecule has 2 atom stereocenters. The molecule has 2 unspecified atom stereocenters. The summed E-state index contributed by atoms with van der Waals surface area (Å²) in [7, 11) is 1.55. The van der Waals surface area contributed by atoms with Crippen LogP contribution in [0.2, 0.25) is 0 Å². The third-order valence-corrected chi connectivity index (χ3v) is 2.54. The molecule has 5 nitrogen and oxygen atoms in total. The fourth-order valence-electron chi connectivity index (χ4n) is 1.40. The zero-order valence-electron chi connectivity index (χ0n) is 10.4. The van der Waals surface area contributed by atoms with Gasteiger partial charge >= 0.3 is 0 Å². The second-order valence-corrected chi connectivity index (χ2v) is 4.12. The predicted molar refractivity (Wildman–Crippen MR) is 63.7 cm³/mol. The van der Waals surface area contributed by atoms with Crippen LogP contribution in [0.25, 0.3) is 0 Å². The van der Waals surface area contributed by atoms with Crippen molar-refractivity contribution in [1.82, 2.24) is 10.6 Å². The average Bonchev–Trinajstić information content (AvgIpc) is 2.25. The maximum absolute atomic E-state index is 11.5. The van der Waals surface area contributed by atoms with Gasteiger partial charge in [0.25, 0.3) is 0 Å². The molecular formula is C11H23N3O2. The summed E-state index contributed by atoms with van der Waals surface area (Å²) in [5, 5.41) is 5.13. The number of carbonyl (C=O) groups is 2. The summed E-state index contributed by atoms with van der Waals surface area (Å²) in [6, 6.07) is -0.470. The Morgan fingerprint density at radius 1 is 1.25 bits per heavy atom. The number of hydrogen-bond donors (Lipinski definition) is 3. The van der Waals surface area contributed by atoms with Crippen LogP contribution in [0, 0.1) is 5.92 Å². The van der Waals surface area contributed by atoms with E-state index in [1.165, 1.54) is 0 Å². The maximum atomic E-state index is 11.5. The zero-order chi connectivity index (χ0) is 12.6. The van der Waals surface area contributed by atoms with Gasteiger partial charge in [0.05, 0.1) is 0 Å². The molecule has 0 spiro atoms. The standard InChI is InChI=1S/C11H23N3O2/c1-8(6-7-12)4-5-10(15)14-9(2)11(16)13-3/h8-9H,4-7,12H2,1-3H3,(H,13,16)(H,14,15). The van der Waals surface area contributed by atoms with Gasteiger partial charge in [0.2, 0.25) is 11.8 Å². The molecule has 2 amide bonds. The summed E-state index contributed by atoms with van der Waals surface area (Å²) in [5.74, 6) is 0.189. The third-order valence-electron chi connectivity index (χ3n) is 2.54. The van der Waals surface area contributed by atoms with Crippen LogP contribution >= 0.6 is 0 Å². The second-order valence-electron chi connectivity index (χ2n) is 4.12. The third kappa shape index (κ3) is 6.40. The smallest absolute Gasteiger partial charge is 0.242 e. The zero-order valence-corrected chi connectivity index (χ0v) is 10.4. The number of likely N-dealkylation sites (N-methyl/N-ethyl adjacent to an activating group) is 1. The lowest BCUT2D eigenvalue weighted by atomic mass is 10.0. The fourth-order valence-corrected chi connectivity index (χ4v) is 1.40. The van der Waals surface area contributed by atoms with E-state index in [1.807, 2.05) is 0 Å². The summed E-state index contributed by atoms with van der Waals surface area (Å²) in [5.41, 5.74) is 5.42. The van der Waals surface area contributed by atoms with E-state index < -0.39 is 6.04 Å². The van der Waals surface area contributed by atoms with Crippen molar-refractivity contribution >= 4 is 11.8 Å². The fraction of sp³-hybridized carbons (Fsp3) is 0.818. The van der Waals surface area contributed by atoms with E-state index in [2.05, 4.69) is 17.6 Å². The summed E-state index contributed by atoms with van der Waals surface area (Å²) >= 11 is 0. The quantitative estimate of drug-likeness (QED) is 0.574. The Hall–Kier alpha value is -1.10. The first-order valence-electron chi connectivity index (χ1n) is 5.72. The minimum atomic E-state index is -0.470. The number of rotatable bonds is 7. The molecule has 0 saturated heterocycles. The lowest BCUT2D eigenvalue weighted by Gasteiger charge is -2.13. The molecule has 0 aliphatic rings. The monoisotopic (exact) mass is 229 g/mol. The molecule has 5 heteroatoms. The molecule has 0 bridgehead atoms. The summed E-state index contributed by atoms with van der Waals surface area (Å²) in [6.07, 6.45) is 2.18. The molecular weight excluding hydrogens is 206 g/mol. The van der Waals surface area contributed by atoms with E-state index in [0.717, 1.165) is 12.8 Å². The Morgan fingerprint density at radius 2 is 1.88 bits per heavy atom. The molecule has 0 aromatic carbocycles. The summed E-state index contributed by atoms with van der Waals surface area (Å²) < 4.78 is 0. The first-order chi connectivity index (χ1) is 7.51. The molecule has 0 aliphatic heterocycles. The highest BCUT2D eigenvalue weighted by molar-refractivity contribution is 5.86. The van der Waals surface area contributed by atoms with Crippen molar-refractivity contribution in [1.29, 1.82) is 0 Å². The SMILES string of the molecule is CNC(=O)C(C)NC(=O)CCC(C)CCN. The Labute approximate surface area is 97.2 Å². The van der Waals surface area contributed by atoms with Gasteiger partial charge in [0, 0.05) is 13.5 Å². The molecule has 0 saturated carbocycles. The number of nitrogens with two attached hydrogens (primary N) is 1. The minimum absolute atomic E-state index is 0.0834. The highest BCUT2D eigenvalue weighted by atomic mass is 16.2. The summed E-state index contributed by atoms with van der Waals surface area (Å²) in [6.45, 7) is 4.39. The maximum Gasteiger partial charge on any atom is 0.242 e. The molecule has 94 valence electrons. The van der Waals surface area contributed by atoms with Gasteiger partial charge in [-0.25, -0.2) is 0 Å². The minimum Gasteiger partial charge on any atom is -0.357 e. The van der Waals surface area contributed by atoms with Gasteiger partial charge in [-0.3, -0.25) is 9.59 Å². The largest absolute Gasteiger partial charge is 0.357 e. The molecule has 0 aliphatic carbocycles. The van der Waals surface area contributed by atoms with E-state index in [1.54, 1.807) is 14.0 Å². The first-order valence-corrected chi connectivity index (χ1v) is 5.72. The van der Waals surface area contributed by atoms with Crippen LogP contribution in [0.4, 0.5) is 0 Å². The van der Waals surface area contributed by atoms with E-state index in [4.69, 9.17) is 5.73 Å². The Balaban J connectivity index is 3.78. The average molecular weight is 229 g/mol. The lowest BCUT2D eigenvalue weighted by Crippen LogP contribution is -2.43. The van der Waals surface area contributed by atoms with Crippen LogP contribution in [0.3, 0.4) is 0 Å². The molecule has 0 heterocycles. The topological polar surface area (TPSA) is 84.2 Å². The molecule has 0 aromatic rings. The molecule has 0 fully saturated rings. The Kier molecular flexibility index (Phi) is 7.54. The van der Waals surface area contributed by atoms with Crippen LogP contribution in [-0.4, -0.2) is 31.4 Å². The van der Waals surface area contributed by atoms with Crippen LogP contribution in [-0.2, 0) is 9.59 Å². The number of nitrogens with one attached hydrogen (secondary N) is 2. The second kappa shape index (κ2) is 8.10. The Bertz CT molecular complexity index is 231. The van der Waals surface area contributed by atoms with E-state index in [0.29, 0.717) is 18.9 Å². The van der Waals surface area contributed by atoms with E-state index in [-0.39, 0.29) is 11.8 Å². The van der Waals surface area contributed by atoms with Crippen molar-refractivity contribution in [3.8, 4) is 0 Å². The van der Waals surface area contributed by atoms with Crippen molar-refractivity contribution in [3.05, 3.63) is 0 Å². The van der Waals surface area contributed by atoms with E-state index >= 15 is 0 Å². The van der Waals surface area contributed by atoms with Gasteiger partial charge in [0.15, 0.2) is 0 Å². The molecule has 4 N–H and O–H groups in total. The lowest BCUT2D eigenvalue weighted by molar-refractivity contribution is -0.128. The van der Waals surface area contributed by atoms with Crippen LogP contribution in [0.1, 0.15) is 33.1 Å². The van der Waals surface area contributed by atoms with Crippen molar-refractivity contribution in [3.63, 3.8) is 0 Å². The first kappa shape index (κ1) is 14.9. The molecule has 0 rings (SSSR count). The Morgan fingerprint density at radius 3 is 2.38 bits per heavy atom. The van der Waals surface area contributed by atoms with Crippen molar-refractivity contribution in [2.75, 3.05) is 13.6 Å². The number of carbonyl (C=O) groups excluding carboxylic acids is 2. The van der Waals surface area contributed by atoms with Crippen molar-refractivity contribution in [2.45, 2.75) is 39.2 Å². The van der Waals surface area contributed by atoms with Gasteiger partial charge in [-0.15, -0.1) is 0 Å². The molecule has 0 radical (unpaired) electrons. The summed E-state index contributed by atoms with van der Waals surface area (Å²) in [4.78, 5) is 22.6. The van der Waals surface area contributed by atoms with Crippen molar-refractivity contribution in [2.24, 2.45) is 11.7 Å². The van der Waals surface area contributed by atoms with Crippen LogP contribution in [0.5, 0.6) is 0 Å². The van der Waals surface area contributed by atoms with Gasteiger partial charge in [-0.05, 0) is 32.2 Å². The highest BCUT2D eigenvalue weighted by Gasteiger charge is 2.14. The molecule has 0 aromatic heterocycles. The van der Waals surface area contributed by atoms with Crippen LogP contribution < -0.4 is 16.4 Å². The number of amides is 2. The normalized spacial score (nSPS) is 14.0. The van der Waals surface area contributed by atoms with Gasteiger partial charge in [-0.2, -0.15) is 0 Å². The van der Waals surface area contributed by atoms with E-state index in [9.17, 15) is 9.59 Å².